The molecule has 2 rings (SSSR count). The van der Waals surface area contributed by atoms with Gasteiger partial charge in [0.05, 0.1) is 12.7 Å². The van der Waals surface area contributed by atoms with E-state index in [0.717, 1.165) is 5.57 Å². The Bertz CT molecular complexity index is 597. The maximum absolute atomic E-state index is 12.8. The van der Waals surface area contributed by atoms with E-state index in [1.165, 1.54) is 12.2 Å². The van der Waals surface area contributed by atoms with Gasteiger partial charge in [0.25, 0.3) is 9.70 Å². The van der Waals surface area contributed by atoms with Gasteiger partial charge in [-0.15, -0.1) is 6.58 Å². The van der Waals surface area contributed by atoms with E-state index < -0.39 is 33.0 Å². The summed E-state index contributed by atoms with van der Waals surface area (Å²) in [4.78, 5) is 25.0. The van der Waals surface area contributed by atoms with Crippen molar-refractivity contribution in [1.82, 2.24) is 5.32 Å². The molecule has 134 valence electrons. The third kappa shape index (κ3) is 3.81. The second-order valence-electron chi connectivity index (χ2n) is 6.56. The predicted molar refractivity (Wildman–Crippen MR) is 93.1 cm³/mol. The number of carbonyl (C=O) groups excluding carboxylic acids is 2. The molecule has 0 saturated carbocycles. The monoisotopic (exact) mass is 395 g/mol. The third-order valence-electron chi connectivity index (χ3n) is 4.29. The number of halogens is 3. The van der Waals surface area contributed by atoms with E-state index in [1.807, 2.05) is 6.92 Å². The number of ketones is 1. The van der Waals surface area contributed by atoms with E-state index in [4.69, 9.17) is 44.3 Å². The molecule has 24 heavy (non-hydrogen) atoms. The zero-order valence-electron chi connectivity index (χ0n) is 13.7. The second-order valence-corrected chi connectivity index (χ2v) is 8.84. The van der Waals surface area contributed by atoms with Gasteiger partial charge in [-0.25, -0.2) is 0 Å². The van der Waals surface area contributed by atoms with Crippen LogP contribution < -0.4 is 5.32 Å². The Hall–Kier alpha value is -0.590. The average Bonchev–Trinajstić information content (AvgIpc) is 2.80. The van der Waals surface area contributed by atoms with Crippen LogP contribution >= 0.6 is 34.8 Å². The number of allylic oxidation sites excluding steroid dienone is 1. The van der Waals surface area contributed by atoms with Crippen molar-refractivity contribution in [2.75, 3.05) is 6.61 Å². The van der Waals surface area contributed by atoms with Crippen LogP contribution in [0.5, 0.6) is 0 Å². The Morgan fingerprint density at radius 2 is 2.08 bits per heavy atom. The Morgan fingerprint density at radius 3 is 2.54 bits per heavy atom. The lowest BCUT2D eigenvalue weighted by Gasteiger charge is -2.43. The first-order valence-corrected chi connectivity index (χ1v) is 8.61. The number of nitrogens with one attached hydrogen (secondary N) is 1. The summed E-state index contributed by atoms with van der Waals surface area (Å²) in [5.41, 5.74) is -0.548. The lowest BCUT2D eigenvalue weighted by molar-refractivity contribution is -0.151. The maximum atomic E-state index is 12.8. The molecule has 1 N–H and O–H groups in total. The van der Waals surface area contributed by atoms with Crippen molar-refractivity contribution < 1.29 is 19.1 Å². The number of alkyl halides is 3. The number of rotatable bonds is 3. The highest BCUT2D eigenvalue weighted by molar-refractivity contribution is 6.76. The molecule has 8 heteroatoms. The van der Waals surface area contributed by atoms with Crippen molar-refractivity contribution in [3.05, 3.63) is 24.3 Å². The van der Waals surface area contributed by atoms with Gasteiger partial charge in [-0.2, -0.15) is 0 Å². The summed E-state index contributed by atoms with van der Waals surface area (Å²) in [5, 5.41) is 2.56. The third-order valence-corrected chi connectivity index (χ3v) is 4.81. The molecule has 0 bridgehead atoms. The molecule has 1 saturated heterocycles. The van der Waals surface area contributed by atoms with Crippen LogP contribution in [0.4, 0.5) is 0 Å². The minimum absolute atomic E-state index is 0.289. The van der Waals surface area contributed by atoms with Crippen LogP contribution in [-0.4, -0.2) is 39.5 Å². The van der Waals surface area contributed by atoms with Gasteiger partial charge >= 0.3 is 0 Å². The largest absolute Gasteiger partial charge is 0.348 e. The molecule has 1 amide bonds. The molecule has 1 fully saturated rings. The first kappa shape index (κ1) is 19.7. The molecule has 0 aromatic carbocycles. The highest BCUT2D eigenvalue weighted by Gasteiger charge is 2.53. The smallest absolute Gasteiger partial charge is 0.273 e. The van der Waals surface area contributed by atoms with Crippen LogP contribution in [0.1, 0.15) is 27.2 Å². The molecular weight excluding hydrogens is 377 g/mol. The molecule has 0 aromatic rings. The molecule has 0 aromatic heterocycles. The number of hydrogen-bond acceptors (Lipinski definition) is 4. The Labute approximate surface area is 156 Å². The summed E-state index contributed by atoms with van der Waals surface area (Å²) < 4.78 is 9.33. The normalized spacial score (nSPS) is 33.1. The van der Waals surface area contributed by atoms with Crippen molar-refractivity contribution in [3.8, 4) is 0 Å². The van der Waals surface area contributed by atoms with Crippen LogP contribution in [0, 0.1) is 5.92 Å². The zero-order valence-corrected chi connectivity index (χ0v) is 16.0. The summed E-state index contributed by atoms with van der Waals surface area (Å²) >= 11 is 17.0. The van der Waals surface area contributed by atoms with Gasteiger partial charge in [-0.1, -0.05) is 46.5 Å². The molecule has 1 aliphatic heterocycles. The predicted octanol–water partition coefficient (Wildman–Crippen LogP) is 3.08. The lowest BCUT2D eigenvalue weighted by Crippen LogP contribution is -2.63. The van der Waals surface area contributed by atoms with Crippen LogP contribution in [0.3, 0.4) is 0 Å². The maximum Gasteiger partial charge on any atom is 0.273 e. The Kier molecular flexibility index (Phi) is 5.44. The summed E-state index contributed by atoms with van der Waals surface area (Å²) in [5.74, 6) is -2.42. The highest BCUT2D eigenvalue weighted by Crippen LogP contribution is 2.40. The first-order chi connectivity index (χ1) is 10.9. The van der Waals surface area contributed by atoms with Crippen molar-refractivity contribution in [3.63, 3.8) is 0 Å². The highest BCUT2D eigenvalue weighted by atomic mass is 35.6. The molecule has 1 aliphatic carbocycles. The van der Waals surface area contributed by atoms with E-state index >= 15 is 0 Å². The van der Waals surface area contributed by atoms with E-state index in [9.17, 15) is 9.59 Å². The molecule has 2 aliphatic rings. The summed E-state index contributed by atoms with van der Waals surface area (Å²) in [6.45, 7) is 9.44. The van der Waals surface area contributed by atoms with Crippen LogP contribution in [-0.2, 0) is 19.1 Å². The van der Waals surface area contributed by atoms with Crippen LogP contribution in [0.15, 0.2) is 24.3 Å². The first-order valence-electron chi connectivity index (χ1n) is 7.47. The van der Waals surface area contributed by atoms with E-state index in [0.29, 0.717) is 6.42 Å². The van der Waals surface area contributed by atoms with Gasteiger partial charge < -0.3 is 14.8 Å². The molecular formula is C16H20Cl3NO4. The molecule has 1 heterocycles. The Morgan fingerprint density at radius 1 is 1.46 bits per heavy atom. The van der Waals surface area contributed by atoms with Gasteiger partial charge in [0.15, 0.2) is 11.6 Å². The standard InChI is InChI=1S/C16H20Cl3NO4/c1-5-15(20-13(22)16(17,18)19)10(6-9(2)7-12(15)21)11-8-23-14(3,4)24-11/h5,7,10-11H,1,6,8H2,2-4H3,(H,20,22)/t10-,11-,15-/m1/s1. The van der Waals surface area contributed by atoms with Gasteiger partial charge in [0.1, 0.15) is 5.54 Å². The number of hydrogen-bond donors (Lipinski definition) is 1. The SMILES string of the molecule is C=C[C@]1(NC(=O)C(Cl)(Cl)Cl)C(=O)C=C(C)C[C@@H]1[C@H]1COC(C)(C)O1. The van der Waals surface area contributed by atoms with Crippen LogP contribution in [0.2, 0.25) is 0 Å². The van der Waals surface area contributed by atoms with Gasteiger partial charge in [-0.3, -0.25) is 9.59 Å². The number of ether oxygens (including phenoxy) is 2. The number of amides is 1. The Balaban J connectivity index is 2.41. The second kappa shape index (κ2) is 6.61. The fourth-order valence-electron chi connectivity index (χ4n) is 3.15. The molecule has 0 spiro atoms. The summed E-state index contributed by atoms with van der Waals surface area (Å²) in [6, 6.07) is 0. The van der Waals surface area contributed by atoms with Crippen molar-refractivity contribution in [1.29, 1.82) is 0 Å². The van der Waals surface area contributed by atoms with Gasteiger partial charge in [0, 0.05) is 5.92 Å². The topological polar surface area (TPSA) is 64.6 Å². The van der Waals surface area contributed by atoms with E-state index in [2.05, 4.69) is 11.9 Å². The molecule has 0 radical (unpaired) electrons. The summed E-state index contributed by atoms with van der Waals surface area (Å²) in [7, 11) is 0. The average molecular weight is 397 g/mol. The zero-order chi connectivity index (χ0) is 18.3. The summed E-state index contributed by atoms with van der Waals surface area (Å²) in [6.07, 6.45) is 2.95. The fraction of sp³-hybridized carbons (Fsp3) is 0.625. The molecule has 0 unspecified atom stereocenters. The van der Waals surface area contributed by atoms with Crippen molar-refractivity contribution in [2.45, 2.75) is 48.4 Å². The quantitative estimate of drug-likeness (QED) is 0.588. The van der Waals surface area contributed by atoms with Gasteiger partial charge in [-0.05, 0) is 33.3 Å². The van der Waals surface area contributed by atoms with E-state index in [-0.39, 0.29) is 12.4 Å². The number of carbonyl (C=O) groups is 2. The molecule has 5 nitrogen and oxygen atoms in total. The van der Waals surface area contributed by atoms with Crippen LogP contribution in [0.25, 0.3) is 0 Å². The minimum Gasteiger partial charge on any atom is -0.348 e. The van der Waals surface area contributed by atoms with E-state index in [1.54, 1.807) is 13.8 Å². The lowest BCUT2D eigenvalue weighted by atomic mass is 9.70. The van der Waals surface area contributed by atoms with Crippen molar-refractivity contribution >= 4 is 46.5 Å². The molecule has 3 atom stereocenters. The van der Waals surface area contributed by atoms with Crippen molar-refractivity contribution in [2.24, 2.45) is 5.92 Å². The minimum atomic E-state index is -2.19. The van der Waals surface area contributed by atoms with Gasteiger partial charge in [0.2, 0.25) is 0 Å². The fourth-order valence-corrected chi connectivity index (χ4v) is 3.29.